The van der Waals surface area contributed by atoms with Crippen molar-refractivity contribution in [3.63, 3.8) is 0 Å². The number of nitro benzene ring substituents is 1. The summed E-state index contributed by atoms with van der Waals surface area (Å²) in [6.45, 7) is 5.65. The minimum absolute atomic E-state index is 0. The number of fused-ring (bicyclic) bond motifs is 1. The van der Waals surface area contributed by atoms with E-state index in [1.54, 1.807) is 17.0 Å². The Kier molecular flexibility index (Phi) is 9.43. The van der Waals surface area contributed by atoms with E-state index in [1.807, 2.05) is 49.0 Å². The summed E-state index contributed by atoms with van der Waals surface area (Å²) in [5.41, 5.74) is 1.43. The average Bonchev–Trinajstić information content (AvgIpc) is 3.27. The Labute approximate surface area is 220 Å². The van der Waals surface area contributed by atoms with E-state index >= 15 is 0 Å². The number of likely N-dealkylation sites (N-methyl/N-ethyl adjacent to an activating group) is 1. The Morgan fingerprint density at radius 3 is 2.61 bits per heavy atom. The van der Waals surface area contributed by atoms with Crippen molar-refractivity contribution in [1.29, 1.82) is 0 Å². The van der Waals surface area contributed by atoms with Crippen LogP contribution in [0.15, 0.2) is 36.4 Å². The van der Waals surface area contributed by atoms with Gasteiger partial charge in [0.25, 0.3) is 11.6 Å². The van der Waals surface area contributed by atoms with Crippen molar-refractivity contribution in [2.24, 2.45) is 0 Å². The molecule has 0 unspecified atom stereocenters. The largest absolute Gasteiger partial charge is 0.494 e. The second-order valence-electron chi connectivity index (χ2n) is 8.38. The molecule has 1 saturated heterocycles. The van der Waals surface area contributed by atoms with Crippen LogP contribution >= 0.6 is 23.7 Å². The van der Waals surface area contributed by atoms with Crippen molar-refractivity contribution in [2.45, 2.75) is 6.92 Å². The van der Waals surface area contributed by atoms with Gasteiger partial charge in [-0.2, -0.15) is 0 Å². The van der Waals surface area contributed by atoms with Gasteiger partial charge >= 0.3 is 0 Å². The van der Waals surface area contributed by atoms with E-state index in [4.69, 9.17) is 9.47 Å². The van der Waals surface area contributed by atoms with E-state index in [0.717, 1.165) is 16.0 Å². The van der Waals surface area contributed by atoms with Crippen LogP contribution in [0.1, 0.15) is 17.3 Å². The molecule has 0 spiro atoms. The molecular weight excluding hydrogens is 506 g/mol. The molecule has 1 aliphatic heterocycles. The molecule has 0 radical (unpaired) electrons. The number of nitro groups is 1. The number of benzene rings is 2. The lowest BCUT2D eigenvalue weighted by Crippen LogP contribution is -2.37. The van der Waals surface area contributed by atoms with Gasteiger partial charge in [0.15, 0.2) is 5.13 Å². The molecule has 0 atom stereocenters. The number of carbonyl (C=O) groups is 1. The molecule has 0 saturated carbocycles. The summed E-state index contributed by atoms with van der Waals surface area (Å²) >= 11 is 1.40. The lowest BCUT2D eigenvalue weighted by Gasteiger charge is -2.28. The van der Waals surface area contributed by atoms with Gasteiger partial charge in [0, 0.05) is 37.8 Å². The molecule has 4 rings (SSSR count). The third-order valence-corrected chi connectivity index (χ3v) is 6.72. The first-order valence-electron chi connectivity index (χ1n) is 11.5. The number of anilines is 2. The predicted molar refractivity (Wildman–Crippen MR) is 144 cm³/mol. The van der Waals surface area contributed by atoms with E-state index in [0.29, 0.717) is 56.8 Å². The van der Waals surface area contributed by atoms with Crippen molar-refractivity contribution in [2.75, 3.05) is 69.9 Å². The second kappa shape index (κ2) is 12.3. The quantitative estimate of drug-likeness (QED) is 0.298. The number of amides is 1. The van der Waals surface area contributed by atoms with Gasteiger partial charge in [-0.25, -0.2) is 4.98 Å². The van der Waals surface area contributed by atoms with Gasteiger partial charge in [0.2, 0.25) is 0 Å². The maximum atomic E-state index is 13.7. The number of thiazole rings is 1. The van der Waals surface area contributed by atoms with Gasteiger partial charge in [0.05, 0.1) is 35.0 Å². The summed E-state index contributed by atoms with van der Waals surface area (Å²) in [6, 6.07) is 10.3. The summed E-state index contributed by atoms with van der Waals surface area (Å²) in [4.78, 5) is 35.3. The second-order valence-corrected chi connectivity index (χ2v) is 9.39. The highest BCUT2D eigenvalue weighted by atomic mass is 35.5. The van der Waals surface area contributed by atoms with E-state index in [9.17, 15) is 14.9 Å². The van der Waals surface area contributed by atoms with E-state index < -0.39 is 4.92 Å². The van der Waals surface area contributed by atoms with Gasteiger partial charge in [-0.3, -0.25) is 19.8 Å². The van der Waals surface area contributed by atoms with Gasteiger partial charge in [0.1, 0.15) is 11.4 Å². The number of morpholine rings is 1. The van der Waals surface area contributed by atoms with E-state index in [1.165, 1.54) is 17.4 Å². The van der Waals surface area contributed by atoms with Crippen LogP contribution in [0.5, 0.6) is 5.75 Å². The topological polar surface area (TPSA) is 101 Å². The molecule has 12 heteroatoms. The molecule has 1 fully saturated rings. The molecule has 2 heterocycles. The highest BCUT2D eigenvalue weighted by molar-refractivity contribution is 7.22. The molecule has 1 aromatic heterocycles. The number of hydrogen-bond donors (Lipinski definition) is 0. The monoisotopic (exact) mass is 535 g/mol. The molecule has 0 bridgehead atoms. The standard InChI is InChI=1S/C24H29N5O5S.ClH/c1-4-34-18-6-7-19-22(16-18)35-24(25-19)28(10-9-26(2)3)23(30)17-5-8-20(21(15-17)29(31)32)27-11-13-33-14-12-27;/h5-8,15-16H,4,9-14H2,1-3H3;1H. The Hall–Kier alpha value is -2.99. The van der Waals surface area contributed by atoms with Crippen LogP contribution in [0.2, 0.25) is 0 Å². The smallest absolute Gasteiger partial charge is 0.293 e. The van der Waals surface area contributed by atoms with Crippen LogP contribution in [0, 0.1) is 10.1 Å². The van der Waals surface area contributed by atoms with Crippen LogP contribution in [0.3, 0.4) is 0 Å². The zero-order valence-electron chi connectivity index (χ0n) is 20.5. The summed E-state index contributed by atoms with van der Waals surface area (Å²) in [6.07, 6.45) is 0. The fourth-order valence-corrected chi connectivity index (χ4v) is 4.90. The Morgan fingerprint density at radius 2 is 1.94 bits per heavy atom. The Balaban J connectivity index is 0.00000361. The van der Waals surface area contributed by atoms with E-state index in [-0.39, 0.29) is 29.6 Å². The van der Waals surface area contributed by atoms with Crippen molar-refractivity contribution >= 4 is 56.4 Å². The highest BCUT2D eigenvalue weighted by Gasteiger charge is 2.27. The molecule has 0 aliphatic carbocycles. The number of nitrogens with zero attached hydrogens (tertiary/aromatic N) is 5. The van der Waals surface area contributed by atoms with Gasteiger partial charge < -0.3 is 19.3 Å². The van der Waals surface area contributed by atoms with Crippen molar-refractivity contribution in [3.8, 4) is 5.75 Å². The molecule has 194 valence electrons. The first-order valence-corrected chi connectivity index (χ1v) is 12.3. The van der Waals surface area contributed by atoms with Crippen LogP contribution in [0.4, 0.5) is 16.5 Å². The molecule has 1 amide bonds. The minimum Gasteiger partial charge on any atom is -0.494 e. The minimum atomic E-state index is -0.432. The summed E-state index contributed by atoms with van der Waals surface area (Å²) < 4.78 is 11.9. The predicted octanol–water partition coefficient (Wildman–Crippen LogP) is 4.07. The summed E-state index contributed by atoms with van der Waals surface area (Å²) in [5, 5.41) is 12.4. The molecule has 0 N–H and O–H groups in total. The molecule has 2 aromatic carbocycles. The summed E-state index contributed by atoms with van der Waals surface area (Å²) in [5.74, 6) is 0.420. The number of carbonyl (C=O) groups excluding carboxylic acids is 1. The highest BCUT2D eigenvalue weighted by Crippen LogP contribution is 2.34. The Bertz CT molecular complexity index is 1210. The SMILES string of the molecule is CCOc1ccc2nc(N(CCN(C)C)C(=O)c3ccc(N4CCOCC4)c([N+](=O)[O-])c3)sc2c1.Cl. The number of halogens is 1. The van der Waals surface area contributed by atoms with Crippen LogP contribution in [-0.2, 0) is 4.74 Å². The molecular formula is C24H30ClN5O5S. The number of ether oxygens (including phenoxy) is 2. The first kappa shape index (κ1) is 27.6. The van der Waals surface area contributed by atoms with Crippen LogP contribution in [-0.4, -0.2) is 80.8 Å². The number of rotatable bonds is 9. The molecule has 3 aromatic rings. The zero-order valence-corrected chi connectivity index (χ0v) is 22.1. The normalized spacial score (nSPS) is 13.5. The van der Waals surface area contributed by atoms with Gasteiger partial charge in [-0.1, -0.05) is 11.3 Å². The maximum absolute atomic E-state index is 13.7. The van der Waals surface area contributed by atoms with Crippen molar-refractivity contribution in [1.82, 2.24) is 9.88 Å². The summed E-state index contributed by atoms with van der Waals surface area (Å²) in [7, 11) is 3.86. The lowest BCUT2D eigenvalue weighted by molar-refractivity contribution is -0.384. The maximum Gasteiger partial charge on any atom is 0.293 e. The molecule has 1 aliphatic rings. The molecule has 36 heavy (non-hydrogen) atoms. The third kappa shape index (κ3) is 6.22. The Morgan fingerprint density at radius 1 is 1.19 bits per heavy atom. The average molecular weight is 536 g/mol. The lowest BCUT2D eigenvalue weighted by atomic mass is 10.1. The van der Waals surface area contributed by atoms with Gasteiger partial charge in [-0.15, -0.1) is 12.4 Å². The fraction of sp³-hybridized carbons (Fsp3) is 0.417. The fourth-order valence-electron chi connectivity index (χ4n) is 3.88. The van der Waals surface area contributed by atoms with Crippen LogP contribution in [0.25, 0.3) is 10.2 Å². The number of hydrogen-bond acceptors (Lipinski definition) is 9. The van der Waals surface area contributed by atoms with Gasteiger partial charge in [-0.05, 0) is 51.4 Å². The third-order valence-electron chi connectivity index (χ3n) is 5.68. The van der Waals surface area contributed by atoms with Crippen molar-refractivity contribution < 1.29 is 19.2 Å². The van der Waals surface area contributed by atoms with E-state index in [2.05, 4.69) is 4.98 Å². The number of aromatic nitrogens is 1. The zero-order chi connectivity index (χ0) is 24.9. The van der Waals surface area contributed by atoms with Crippen LogP contribution < -0.4 is 14.5 Å². The first-order chi connectivity index (χ1) is 16.9. The van der Waals surface area contributed by atoms with Crippen molar-refractivity contribution in [3.05, 3.63) is 52.1 Å². The molecule has 10 nitrogen and oxygen atoms in total.